The number of benzene rings is 1. The third-order valence-electron chi connectivity index (χ3n) is 3.39. The van der Waals surface area contributed by atoms with E-state index in [9.17, 15) is 9.18 Å². The Morgan fingerprint density at radius 2 is 2.23 bits per heavy atom. The summed E-state index contributed by atoms with van der Waals surface area (Å²) in [6.07, 6.45) is 6.07. The lowest BCUT2D eigenvalue weighted by atomic mass is 10.1. The Morgan fingerprint density at radius 1 is 1.38 bits per heavy atom. The summed E-state index contributed by atoms with van der Waals surface area (Å²) in [7, 11) is 1.59. The maximum Gasteiger partial charge on any atom is 0.251 e. The molecule has 138 valence electrons. The van der Waals surface area contributed by atoms with Gasteiger partial charge in [0.05, 0.1) is 18.5 Å². The van der Waals surface area contributed by atoms with Crippen LogP contribution in [0.25, 0.3) is 17.3 Å². The molecule has 3 N–H and O–H groups in total. The highest BCUT2D eigenvalue weighted by Crippen LogP contribution is 2.25. The number of imidazole rings is 1. The predicted molar refractivity (Wildman–Crippen MR) is 97.0 cm³/mol. The molecular weight excluding hydrogens is 339 g/mol. The van der Waals surface area contributed by atoms with Gasteiger partial charge in [0.1, 0.15) is 18.2 Å². The van der Waals surface area contributed by atoms with Crippen molar-refractivity contribution in [3.8, 4) is 17.0 Å². The second-order valence-electron chi connectivity index (χ2n) is 5.33. The fourth-order valence-corrected chi connectivity index (χ4v) is 2.20. The number of amides is 1. The zero-order valence-corrected chi connectivity index (χ0v) is 14.4. The van der Waals surface area contributed by atoms with Crippen LogP contribution in [0.5, 0.6) is 5.75 Å². The zero-order valence-electron chi connectivity index (χ0n) is 14.4. The van der Waals surface area contributed by atoms with Crippen molar-refractivity contribution in [1.29, 1.82) is 5.41 Å². The number of H-pyrrole nitrogens is 1. The number of methoxy groups -OCH3 is 1. The van der Waals surface area contributed by atoms with Gasteiger partial charge < -0.3 is 25.2 Å². The molecule has 2 rings (SSSR count). The summed E-state index contributed by atoms with van der Waals surface area (Å²) in [6, 6.07) is 5.48. The van der Waals surface area contributed by atoms with Crippen molar-refractivity contribution in [2.75, 3.05) is 27.0 Å². The molecular formula is C18H21FN4O3. The van der Waals surface area contributed by atoms with Gasteiger partial charge in [-0.05, 0) is 35.9 Å². The largest absolute Gasteiger partial charge is 0.491 e. The molecule has 1 aromatic carbocycles. The fraction of sp³-hybridized carbons (Fsp3) is 0.278. The first kappa shape index (κ1) is 19.3. The van der Waals surface area contributed by atoms with Crippen LogP contribution in [0.1, 0.15) is 11.4 Å². The molecule has 0 atom stereocenters. The van der Waals surface area contributed by atoms with Gasteiger partial charge in [-0.15, -0.1) is 0 Å². The van der Waals surface area contributed by atoms with E-state index in [1.54, 1.807) is 31.5 Å². The predicted octanol–water partition coefficient (Wildman–Crippen LogP) is 2.35. The van der Waals surface area contributed by atoms with Crippen LogP contribution in [-0.4, -0.2) is 49.1 Å². The molecule has 26 heavy (non-hydrogen) atoms. The van der Waals surface area contributed by atoms with E-state index >= 15 is 0 Å². The molecule has 7 nitrogen and oxygen atoms in total. The standard InChI is InChI=1S/C18H21FN4O3/c1-25-5-6-26-15-8-13(11-22-18(24)10-19)7-14(9-15)16-12-21-17(23-16)3-2-4-20/h2-4,7-9,12,20H,5-6,10-11H2,1H3,(H,21,23)(H,22,24)/b3-2-,20-4?. The van der Waals surface area contributed by atoms with E-state index in [1.807, 2.05) is 12.1 Å². The van der Waals surface area contributed by atoms with Crippen molar-refractivity contribution < 1.29 is 18.7 Å². The number of carbonyl (C=O) groups is 1. The average molecular weight is 360 g/mol. The Hall–Kier alpha value is -3.00. The van der Waals surface area contributed by atoms with Crippen LogP contribution in [-0.2, 0) is 16.1 Å². The Balaban J connectivity index is 2.25. The van der Waals surface area contributed by atoms with Gasteiger partial charge in [-0.1, -0.05) is 0 Å². The topological polar surface area (TPSA) is 100 Å². The lowest BCUT2D eigenvalue weighted by Gasteiger charge is -2.11. The molecule has 2 aromatic rings. The van der Waals surface area contributed by atoms with Crippen molar-refractivity contribution in [3.63, 3.8) is 0 Å². The highest BCUT2D eigenvalue weighted by molar-refractivity contribution is 5.77. The minimum absolute atomic E-state index is 0.186. The van der Waals surface area contributed by atoms with Gasteiger partial charge in [-0.3, -0.25) is 4.79 Å². The summed E-state index contributed by atoms with van der Waals surface area (Å²) in [4.78, 5) is 18.5. The van der Waals surface area contributed by atoms with E-state index in [1.165, 1.54) is 0 Å². The van der Waals surface area contributed by atoms with Gasteiger partial charge in [-0.2, -0.15) is 0 Å². The number of rotatable bonds is 10. The molecule has 0 saturated carbocycles. The Bertz CT molecular complexity index is 774. The molecule has 0 aliphatic rings. The van der Waals surface area contributed by atoms with Gasteiger partial charge >= 0.3 is 0 Å². The second-order valence-corrected chi connectivity index (χ2v) is 5.33. The number of nitrogens with zero attached hydrogens (tertiary/aromatic N) is 1. The average Bonchev–Trinajstić information content (AvgIpc) is 3.13. The second kappa shape index (κ2) is 10.1. The fourth-order valence-electron chi connectivity index (χ4n) is 2.20. The molecule has 8 heteroatoms. The Labute approximate surface area is 150 Å². The number of hydrogen-bond donors (Lipinski definition) is 3. The number of aromatic nitrogens is 2. The summed E-state index contributed by atoms with van der Waals surface area (Å²) in [6.45, 7) is -0.0423. The monoisotopic (exact) mass is 360 g/mol. The van der Waals surface area contributed by atoms with Crippen LogP contribution in [0.4, 0.5) is 4.39 Å². The zero-order chi connectivity index (χ0) is 18.8. The third kappa shape index (κ3) is 5.82. The van der Waals surface area contributed by atoms with Gasteiger partial charge in [0.25, 0.3) is 5.91 Å². The number of allylic oxidation sites excluding steroid dienone is 1. The van der Waals surface area contributed by atoms with E-state index in [0.29, 0.717) is 24.8 Å². The van der Waals surface area contributed by atoms with Crippen molar-refractivity contribution in [1.82, 2.24) is 15.3 Å². The van der Waals surface area contributed by atoms with E-state index in [-0.39, 0.29) is 6.54 Å². The summed E-state index contributed by atoms with van der Waals surface area (Å²) in [5, 5.41) is 9.51. The molecule has 1 heterocycles. The van der Waals surface area contributed by atoms with Crippen molar-refractivity contribution >= 4 is 18.2 Å². The number of hydrogen-bond acceptors (Lipinski definition) is 5. The van der Waals surface area contributed by atoms with E-state index in [0.717, 1.165) is 23.0 Å². The number of aromatic amines is 1. The van der Waals surface area contributed by atoms with Crippen LogP contribution in [0.2, 0.25) is 0 Å². The minimum atomic E-state index is -1.06. The SMILES string of the molecule is COCCOc1cc(CNC(=O)CF)cc(-c2cnc(/C=C\C=N)[nH]2)c1. The molecule has 0 radical (unpaired) electrons. The van der Waals surface area contributed by atoms with Crippen molar-refractivity contribution in [2.24, 2.45) is 0 Å². The number of ether oxygens (including phenoxy) is 2. The maximum atomic E-state index is 12.3. The quantitative estimate of drug-likeness (QED) is 0.447. The highest BCUT2D eigenvalue weighted by Gasteiger charge is 2.08. The van der Waals surface area contributed by atoms with E-state index < -0.39 is 12.6 Å². The lowest BCUT2D eigenvalue weighted by molar-refractivity contribution is -0.122. The van der Waals surface area contributed by atoms with Crippen LogP contribution in [0, 0.1) is 5.41 Å². The number of alkyl halides is 1. The molecule has 0 saturated heterocycles. The van der Waals surface area contributed by atoms with Crippen molar-refractivity contribution in [2.45, 2.75) is 6.54 Å². The van der Waals surface area contributed by atoms with Crippen LogP contribution in [0.3, 0.4) is 0 Å². The first-order valence-corrected chi connectivity index (χ1v) is 7.97. The molecule has 0 aliphatic heterocycles. The molecule has 0 spiro atoms. The highest BCUT2D eigenvalue weighted by atomic mass is 19.1. The lowest BCUT2D eigenvalue weighted by Crippen LogP contribution is -2.24. The number of nitrogens with one attached hydrogen (secondary N) is 3. The smallest absolute Gasteiger partial charge is 0.251 e. The Morgan fingerprint density at radius 3 is 2.96 bits per heavy atom. The number of halogens is 1. The molecule has 0 bridgehead atoms. The van der Waals surface area contributed by atoms with E-state index in [2.05, 4.69) is 15.3 Å². The summed E-state index contributed by atoms with van der Waals surface area (Å²) >= 11 is 0. The van der Waals surface area contributed by atoms with Crippen LogP contribution in [0.15, 0.2) is 30.5 Å². The van der Waals surface area contributed by atoms with Crippen LogP contribution < -0.4 is 10.1 Å². The van der Waals surface area contributed by atoms with Crippen molar-refractivity contribution in [3.05, 3.63) is 41.9 Å². The van der Waals surface area contributed by atoms with Gasteiger partial charge in [0.15, 0.2) is 6.67 Å². The summed E-state index contributed by atoms with van der Waals surface area (Å²) < 4.78 is 23.0. The summed E-state index contributed by atoms with van der Waals surface area (Å²) in [5.74, 6) is 0.551. The first-order valence-electron chi connectivity index (χ1n) is 7.97. The van der Waals surface area contributed by atoms with Gasteiger partial charge in [0, 0.05) is 25.4 Å². The molecule has 0 fully saturated rings. The van der Waals surface area contributed by atoms with Crippen LogP contribution >= 0.6 is 0 Å². The van der Waals surface area contributed by atoms with Gasteiger partial charge in [0.2, 0.25) is 0 Å². The first-order chi connectivity index (χ1) is 12.7. The normalized spacial score (nSPS) is 10.8. The summed E-state index contributed by atoms with van der Waals surface area (Å²) in [5.41, 5.74) is 2.33. The number of carbonyl (C=O) groups excluding carboxylic acids is 1. The molecule has 1 amide bonds. The molecule has 1 aromatic heterocycles. The van der Waals surface area contributed by atoms with E-state index in [4.69, 9.17) is 14.9 Å². The Kier molecular flexibility index (Phi) is 7.50. The molecule has 0 unspecified atom stereocenters. The maximum absolute atomic E-state index is 12.3. The van der Waals surface area contributed by atoms with Gasteiger partial charge in [-0.25, -0.2) is 9.37 Å². The minimum Gasteiger partial charge on any atom is -0.491 e. The molecule has 0 aliphatic carbocycles. The third-order valence-corrected chi connectivity index (χ3v) is 3.39.